The lowest BCUT2D eigenvalue weighted by Crippen LogP contribution is -2.10. The Labute approximate surface area is 350 Å². The van der Waals surface area contributed by atoms with Crippen LogP contribution in [0.25, 0.3) is 109 Å². The van der Waals surface area contributed by atoms with E-state index in [2.05, 4.69) is 220 Å². The summed E-state index contributed by atoms with van der Waals surface area (Å²) in [7, 11) is 0. The zero-order chi connectivity index (χ0) is 40.7. The summed E-state index contributed by atoms with van der Waals surface area (Å²) in [6.07, 6.45) is 0. The molecule has 12 rings (SSSR count). The minimum Gasteiger partial charge on any atom is -0.309 e. The maximum atomic E-state index is 2.57. The fraction of sp³-hybridized carbons (Fsp3) is 0.138. The van der Waals surface area contributed by atoms with Crippen molar-refractivity contribution >= 4 is 81.4 Å². The number of benzene rings is 9. The second-order valence-corrected chi connectivity index (χ2v) is 19.1. The summed E-state index contributed by atoms with van der Waals surface area (Å²) in [6.45, 7) is 13.7. The zero-order valence-corrected chi connectivity index (χ0v) is 35.1. The minimum absolute atomic E-state index is 0.118. The van der Waals surface area contributed by atoms with Crippen LogP contribution >= 0.6 is 0 Å². The highest BCUT2D eigenvalue weighted by atomic mass is 15.0. The van der Waals surface area contributed by atoms with Crippen LogP contribution < -0.4 is 0 Å². The van der Waals surface area contributed by atoms with Gasteiger partial charge in [-0.05, 0) is 126 Å². The molecule has 0 saturated heterocycles. The molecule has 60 heavy (non-hydrogen) atoms. The normalized spacial score (nSPS) is 12.8. The summed E-state index contributed by atoms with van der Waals surface area (Å²) < 4.78 is 5.04. The lowest BCUT2D eigenvalue weighted by molar-refractivity contribution is 0.590. The van der Waals surface area contributed by atoms with E-state index in [0.717, 1.165) is 0 Å². The largest absolute Gasteiger partial charge is 0.309 e. The smallest absolute Gasteiger partial charge is 0.0628 e. The van der Waals surface area contributed by atoms with Crippen molar-refractivity contribution in [3.63, 3.8) is 0 Å². The molecule has 0 atom stereocenters. The second kappa shape index (κ2) is 12.3. The number of hydrogen-bond acceptors (Lipinski definition) is 0. The highest BCUT2D eigenvalue weighted by Gasteiger charge is 2.25. The third kappa shape index (κ3) is 5.13. The molecule has 0 unspecified atom stereocenters. The average Bonchev–Trinajstić information content (AvgIpc) is 3.88. The van der Waals surface area contributed by atoms with Gasteiger partial charge in [0.15, 0.2) is 0 Å². The first-order chi connectivity index (χ1) is 29.0. The molecular weight excluding hydrogens is 725 g/mol. The van der Waals surface area contributed by atoms with E-state index in [1.54, 1.807) is 0 Å². The quantitative estimate of drug-likeness (QED) is 0.169. The number of aromatic nitrogens is 2. The van der Waals surface area contributed by atoms with Crippen molar-refractivity contribution in [1.29, 1.82) is 0 Å². The molecule has 0 bridgehead atoms. The van der Waals surface area contributed by atoms with Crippen molar-refractivity contribution < 1.29 is 0 Å². The third-order valence-corrected chi connectivity index (χ3v) is 13.3. The Balaban J connectivity index is 1.17. The van der Waals surface area contributed by atoms with Crippen molar-refractivity contribution in [2.75, 3.05) is 0 Å². The molecule has 3 heterocycles. The van der Waals surface area contributed by atoms with Crippen LogP contribution in [-0.2, 0) is 10.8 Å². The number of nitrogens with zero attached hydrogens (tertiary/aromatic N) is 2. The van der Waals surface area contributed by atoms with Gasteiger partial charge in [-0.2, -0.15) is 0 Å². The van der Waals surface area contributed by atoms with Gasteiger partial charge in [-0.1, -0.05) is 151 Å². The molecule has 9 aromatic carbocycles. The van der Waals surface area contributed by atoms with E-state index in [-0.39, 0.29) is 10.8 Å². The second-order valence-electron chi connectivity index (χ2n) is 19.1. The van der Waals surface area contributed by atoms with Gasteiger partial charge in [0.1, 0.15) is 0 Å². The van der Waals surface area contributed by atoms with Crippen LogP contribution in [0.15, 0.2) is 170 Å². The van der Waals surface area contributed by atoms with E-state index in [1.807, 2.05) is 0 Å². The van der Waals surface area contributed by atoms with Crippen molar-refractivity contribution in [1.82, 2.24) is 8.97 Å². The van der Waals surface area contributed by atoms with E-state index in [0.29, 0.717) is 0 Å². The Morgan fingerprint density at radius 1 is 0.333 bits per heavy atom. The Kier molecular flexibility index (Phi) is 7.20. The van der Waals surface area contributed by atoms with Crippen molar-refractivity contribution in [3.05, 3.63) is 181 Å². The molecule has 0 spiro atoms. The molecule has 2 nitrogen and oxygen atoms in total. The van der Waals surface area contributed by atoms with Crippen molar-refractivity contribution in [2.24, 2.45) is 0 Å². The fourth-order valence-electron chi connectivity index (χ4n) is 10.1. The molecule has 0 fully saturated rings. The molecule has 288 valence electrons. The number of hydrogen-bond donors (Lipinski definition) is 0. The van der Waals surface area contributed by atoms with Crippen LogP contribution in [0.2, 0.25) is 0 Å². The first kappa shape index (κ1) is 35.1. The van der Waals surface area contributed by atoms with Gasteiger partial charge in [-0.3, -0.25) is 0 Å². The molecule has 0 amide bonds. The number of rotatable bonds is 3. The van der Waals surface area contributed by atoms with Gasteiger partial charge in [0.2, 0.25) is 0 Å². The molecule has 0 aliphatic rings. The van der Waals surface area contributed by atoms with Gasteiger partial charge >= 0.3 is 0 Å². The highest BCUT2D eigenvalue weighted by Crippen LogP contribution is 2.48. The minimum atomic E-state index is 0.118. The SMILES string of the molecule is CC(C)(C)c1ccc(-c2ccc3cc4c(cc3c2)c2cc3c(c5ccccc5n3-c3ccccc3)c3c5cc6cc(-c7ccc(C(C)(C)C)cc7)ccc6cc5n4c23)cc1. The average molecular weight is 771 g/mol. The van der Waals surface area contributed by atoms with E-state index < -0.39 is 0 Å². The molecule has 0 aliphatic heterocycles. The zero-order valence-electron chi connectivity index (χ0n) is 35.1. The van der Waals surface area contributed by atoms with Crippen molar-refractivity contribution in [3.8, 4) is 27.9 Å². The summed E-state index contributed by atoms with van der Waals surface area (Å²) in [5, 5.41) is 12.8. The van der Waals surface area contributed by atoms with Crippen LogP contribution in [0.5, 0.6) is 0 Å². The number of para-hydroxylation sites is 2. The Morgan fingerprint density at radius 2 is 0.850 bits per heavy atom. The Morgan fingerprint density at radius 3 is 1.43 bits per heavy atom. The predicted molar refractivity (Wildman–Crippen MR) is 259 cm³/mol. The fourth-order valence-corrected chi connectivity index (χ4v) is 10.1. The molecule has 0 aliphatic carbocycles. The summed E-state index contributed by atoms with van der Waals surface area (Å²) in [6, 6.07) is 64.3. The maximum Gasteiger partial charge on any atom is 0.0628 e. The standard InChI is InChI=1S/C58H46N2/c1-57(2,3)43-24-20-35(21-25-43)37-16-18-39-32-51-47(30-41(39)28-37)48-34-53-54(46-14-10-11-15-50(46)59(53)45-12-8-7-9-13-45)55-49-31-42-29-38(36-22-26-44(27-23-36)58(4,5)6)17-19-40(42)33-52(49)60(51)56(48)55/h7-34H,1-6H3. The van der Waals surface area contributed by atoms with Gasteiger partial charge in [-0.25, -0.2) is 0 Å². The third-order valence-electron chi connectivity index (χ3n) is 13.3. The molecule has 12 aromatic rings. The van der Waals surface area contributed by atoms with E-state index in [4.69, 9.17) is 0 Å². The van der Waals surface area contributed by atoms with Crippen LogP contribution in [0.3, 0.4) is 0 Å². The van der Waals surface area contributed by atoms with Crippen molar-refractivity contribution in [2.45, 2.75) is 52.4 Å². The first-order valence-electron chi connectivity index (χ1n) is 21.3. The lowest BCUT2D eigenvalue weighted by atomic mass is 9.86. The monoisotopic (exact) mass is 770 g/mol. The maximum absolute atomic E-state index is 2.57. The summed E-state index contributed by atoms with van der Waals surface area (Å²) in [5.74, 6) is 0. The lowest BCUT2D eigenvalue weighted by Gasteiger charge is -2.19. The molecule has 0 saturated carbocycles. The molecular formula is C58H46N2. The van der Waals surface area contributed by atoms with Crippen LogP contribution in [-0.4, -0.2) is 8.97 Å². The van der Waals surface area contributed by atoms with Gasteiger partial charge < -0.3 is 8.97 Å². The van der Waals surface area contributed by atoms with E-state index in [9.17, 15) is 0 Å². The summed E-state index contributed by atoms with van der Waals surface area (Å²) in [4.78, 5) is 0. The summed E-state index contributed by atoms with van der Waals surface area (Å²) in [5.41, 5.74) is 15.3. The Hall–Kier alpha value is -6.90. The highest BCUT2D eigenvalue weighted by molar-refractivity contribution is 6.37. The van der Waals surface area contributed by atoms with E-state index in [1.165, 1.54) is 121 Å². The molecule has 0 radical (unpaired) electrons. The van der Waals surface area contributed by atoms with Gasteiger partial charge in [0.05, 0.1) is 27.6 Å². The topological polar surface area (TPSA) is 9.34 Å². The number of fused-ring (bicyclic) bond motifs is 12. The van der Waals surface area contributed by atoms with Gasteiger partial charge in [0, 0.05) is 38.0 Å². The molecule has 3 aromatic heterocycles. The van der Waals surface area contributed by atoms with E-state index >= 15 is 0 Å². The summed E-state index contributed by atoms with van der Waals surface area (Å²) >= 11 is 0. The Bertz CT molecular complexity index is 3680. The molecule has 0 N–H and O–H groups in total. The van der Waals surface area contributed by atoms with Crippen LogP contribution in [0.4, 0.5) is 0 Å². The van der Waals surface area contributed by atoms with Gasteiger partial charge in [-0.15, -0.1) is 0 Å². The molecule has 2 heteroatoms. The first-order valence-corrected chi connectivity index (χ1v) is 21.3. The van der Waals surface area contributed by atoms with Crippen LogP contribution in [0, 0.1) is 0 Å². The predicted octanol–water partition coefficient (Wildman–Crippen LogP) is 16.2. The van der Waals surface area contributed by atoms with Crippen LogP contribution in [0.1, 0.15) is 52.7 Å². The van der Waals surface area contributed by atoms with Gasteiger partial charge in [0.25, 0.3) is 0 Å².